The maximum atomic E-state index is 13.0. The number of aryl methyl sites for hydroxylation is 3. The largest absolute Gasteiger partial charge is 0.350 e. The van der Waals surface area contributed by atoms with E-state index in [0.29, 0.717) is 17.1 Å². The second kappa shape index (κ2) is 8.88. The highest BCUT2D eigenvalue weighted by Crippen LogP contribution is 2.31. The van der Waals surface area contributed by atoms with Crippen molar-refractivity contribution in [1.82, 2.24) is 9.97 Å². The Morgan fingerprint density at radius 3 is 2.18 bits per heavy atom. The van der Waals surface area contributed by atoms with Crippen molar-refractivity contribution in [3.05, 3.63) is 82.3 Å². The van der Waals surface area contributed by atoms with Crippen LogP contribution in [0.25, 0.3) is 0 Å². The topological polar surface area (TPSA) is 121 Å². The fraction of sp³-hybridized carbons (Fsp3) is 0.130. The third kappa shape index (κ3) is 4.63. The number of imide groups is 1. The molecule has 0 saturated heterocycles. The molecule has 2 aromatic carbocycles. The molecule has 0 bridgehead atoms. The van der Waals surface area contributed by atoms with E-state index in [0.717, 1.165) is 16.0 Å². The Kier molecular flexibility index (Phi) is 6.11. The Hall–Kier alpha value is -3.76. The standard InChI is InChI=1S/C23H20ClN5O4S/c1-13-10-14(2)12-17(11-13)29-21(30)19(24)20(22(29)31)27-16-4-6-18(7-5-16)34(32,33)28-23-25-9-8-15(3)26-23/h4-12,27H,1-3H3,(H,25,26,28). The number of amides is 2. The van der Waals surface area contributed by atoms with Crippen LogP contribution in [-0.2, 0) is 19.6 Å². The van der Waals surface area contributed by atoms with Gasteiger partial charge in [0.2, 0.25) is 5.95 Å². The van der Waals surface area contributed by atoms with E-state index in [1.807, 2.05) is 19.9 Å². The molecule has 174 valence electrons. The number of nitrogens with zero attached hydrogens (tertiary/aromatic N) is 3. The van der Waals surface area contributed by atoms with Gasteiger partial charge < -0.3 is 5.32 Å². The minimum absolute atomic E-state index is 0.0334. The molecule has 1 aliphatic heterocycles. The number of halogens is 1. The molecule has 0 aliphatic carbocycles. The summed E-state index contributed by atoms with van der Waals surface area (Å²) in [4.78, 5) is 34.6. The summed E-state index contributed by atoms with van der Waals surface area (Å²) in [6, 6.07) is 12.6. The second-order valence-corrected chi connectivity index (χ2v) is 9.82. The van der Waals surface area contributed by atoms with E-state index in [-0.39, 0.29) is 21.6 Å². The molecule has 0 fully saturated rings. The summed E-state index contributed by atoms with van der Waals surface area (Å²) in [5.74, 6) is -1.28. The summed E-state index contributed by atoms with van der Waals surface area (Å²) in [7, 11) is -3.93. The second-order valence-electron chi connectivity index (χ2n) is 7.76. The maximum absolute atomic E-state index is 13.0. The highest BCUT2D eigenvalue weighted by molar-refractivity contribution is 7.92. The SMILES string of the molecule is Cc1cc(C)cc(N2C(=O)C(Cl)=C(Nc3ccc(S(=O)(=O)Nc4nccc(C)n4)cc3)C2=O)c1. The van der Waals surface area contributed by atoms with Crippen LogP contribution >= 0.6 is 11.6 Å². The van der Waals surface area contributed by atoms with Gasteiger partial charge in [0.25, 0.3) is 21.8 Å². The van der Waals surface area contributed by atoms with Crippen molar-refractivity contribution in [3.63, 3.8) is 0 Å². The Balaban J connectivity index is 1.54. The number of anilines is 3. The van der Waals surface area contributed by atoms with Crippen LogP contribution in [-0.4, -0.2) is 30.2 Å². The van der Waals surface area contributed by atoms with E-state index in [2.05, 4.69) is 20.0 Å². The molecule has 0 radical (unpaired) electrons. The van der Waals surface area contributed by atoms with Crippen molar-refractivity contribution < 1.29 is 18.0 Å². The van der Waals surface area contributed by atoms with E-state index >= 15 is 0 Å². The molecule has 34 heavy (non-hydrogen) atoms. The fourth-order valence-corrected chi connectivity index (χ4v) is 4.63. The average Bonchev–Trinajstić information content (AvgIpc) is 2.96. The summed E-state index contributed by atoms with van der Waals surface area (Å²) in [6.07, 6.45) is 1.45. The van der Waals surface area contributed by atoms with E-state index in [9.17, 15) is 18.0 Å². The zero-order valence-corrected chi connectivity index (χ0v) is 20.0. The van der Waals surface area contributed by atoms with Gasteiger partial charge in [0, 0.05) is 17.6 Å². The number of hydrogen-bond acceptors (Lipinski definition) is 7. The van der Waals surface area contributed by atoms with Crippen LogP contribution in [0.1, 0.15) is 16.8 Å². The average molecular weight is 498 g/mol. The predicted molar refractivity (Wildman–Crippen MR) is 129 cm³/mol. The fourth-order valence-electron chi connectivity index (χ4n) is 3.46. The predicted octanol–water partition coefficient (Wildman–Crippen LogP) is 3.64. The van der Waals surface area contributed by atoms with Crippen LogP contribution in [0.5, 0.6) is 0 Å². The van der Waals surface area contributed by atoms with Crippen molar-refractivity contribution >= 4 is 50.8 Å². The first-order valence-corrected chi connectivity index (χ1v) is 12.0. The minimum atomic E-state index is -3.93. The smallest absolute Gasteiger partial charge is 0.283 e. The number of benzene rings is 2. The van der Waals surface area contributed by atoms with Crippen molar-refractivity contribution in [1.29, 1.82) is 0 Å². The molecule has 1 aromatic heterocycles. The summed E-state index contributed by atoms with van der Waals surface area (Å²) in [5.41, 5.74) is 3.12. The minimum Gasteiger partial charge on any atom is -0.350 e. The van der Waals surface area contributed by atoms with E-state index in [1.54, 1.807) is 25.1 Å². The summed E-state index contributed by atoms with van der Waals surface area (Å²) in [6.45, 7) is 5.45. The molecule has 9 nitrogen and oxygen atoms in total. The van der Waals surface area contributed by atoms with E-state index in [1.165, 1.54) is 30.5 Å². The molecule has 4 rings (SSSR count). The summed E-state index contributed by atoms with van der Waals surface area (Å²) in [5, 5.41) is 2.58. The highest BCUT2D eigenvalue weighted by Gasteiger charge is 2.39. The van der Waals surface area contributed by atoms with Crippen molar-refractivity contribution in [3.8, 4) is 0 Å². The Morgan fingerprint density at radius 1 is 0.912 bits per heavy atom. The van der Waals surface area contributed by atoms with Crippen LogP contribution in [0, 0.1) is 20.8 Å². The Bertz CT molecular complexity index is 1430. The van der Waals surface area contributed by atoms with Crippen molar-refractivity contribution in [2.45, 2.75) is 25.7 Å². The monoisotopic (exact) mass is 497 g/mol. The quantitative estimate of drug-likeness (QED) is 0.498. The lowest BCUT2D eigenvalue weighted by Gasteiger charge is -2.16. The number of rotatable bonds is 6. The van der Waals surface area contributed by atoms with Gasteiger partial charge in [0.05, 0.1) is 10.6 Å². The molecule has 1 aliphatic rings. The van der Waals surface area contributed by atoms with E-state index in [4.69, 9.17) is 11.6 Å². The van der Waals surface area contributed by atoms with Crippen LogP contribution in [0.15, 0.2) is 70.4 Å². The normalized spacial score (nSPS) is 14.1. The number of aromatic nitrogens is 2. The van der Waals surface area contributed by atoms with Crippen molar-refractivity contribution in [2.24, 2.45) is 0 Å². The number of carbonyl (C=O) groups excluding carboxylic acids is 2. The third-order valence-electron chi connectivity index (χ3n) is 4.95. The first kappa shape index (κ1) is 23.4. The zero-order valence-electron chi connectivity index (χ0n) is 18.5. The molecule has 11 heteroatoms. The van der Waals surface area contributed by atoms with Gasteiger partial charge in [-0.3, -0.25) is 9.59 Å². The van der Waals surface area contributed by atoms with Gasteiger partial charge in [-0.1, -0.05) is 17.7 Å². The molecule has 0 saturated carbocycles. The number of sulfonamides is 1. The summed E-state index contributed by atoms with van der Waals surface area (Å²) < 4.78 is 27.6. The van der Waals surface area contributed by atoms with Crippen LogP contribution in [0.2, 0.25) is 0 Å². The van der Waals surface area contributed by atoms with E-state index < -0.39 is 21.8 Å². The first-order chi connectivity index (χ1) is 16.0. The Labute approximate surface area is 201 Å². The first-order valence-electron chi connectivity index (χ1n) is 10.1. The lowest BCUT2D eigenvalue weighted by atomic mass is 10.1. The lowest BCUT2D eigenvalue weighted by Crippen LogP contribution is -2.32. The van der Waals surface area contributed by atoms with Gasteiger partial charge in [-0.2, -0.15) is 0 Å². The van der Waals surface area contributed by atoms with Gasteiger partial charge in [0.1, 0.15) is 10.7 Å². The highest BCUT2D eigenvalue weighted by atomic mass is 35.5. The molecule has 0 unspecified atom stereocenters. The molecule has 2 heterocycles. The molecular weight excluding hydrogens is 478 g/mol. The lowest BCUT2D eigenvalue weighted by molar-refractivity contribution is -0.120. The van der Waals surface area contributed by atoms with Crippen LogP contribution < -0.4 is 14.9 Å². The molecule has 2 amide bonds. The Morgan fingerprint density at radius 2 is 1.56 bits per heavy atom. The summed E-state index contributed by atoms with van der Waals surface area (Å²) >= 11 is 6.19. The van der Waals surface area contributed by atoms with Gasteiger partial charge in [-0.15, -0.1) is 0 Å². The van der Waals surface area contributed by atoms with Gasteiger partial charge in [-0.05, 0) is 74.4 Å². The van der Waals surface area contributed by atoms with Crippen LogP contribution in [0.3, 0.4) is 0 Å². The van der Waals surface area contributed by atoms with Crippen LogP contribution in [0.4, 0.5) is 17.3 Å². The molecular formula is C23H20ClN5O4S. The third-order valence-corrected chi connectivity index (χ3v) is 6.64. The molecule has 0 spiro atoms. The zero-order chi connectivity index (χ0) is 24.6. The molecule has 0 atom stereocenters. The van der Waals surface area contributed by atoms with Crippen molar-refractivity contribution in [2.75, 3.05) is 14.9 Å². The van der Waals surface area contributed by atoms with Gasteiger partial charge in [-0.25, -0.2) is 28.0 Å². The number of hydrogen-bond donors (Lipinski definition) is 2. The maximum Gasteiger partial charge on any atom is 0.283 e. The molecule has 2 N–H and O–H groups in total. The number of nitrogens with one attached hydrogen (secondary N) is 2. The molecule has 3 aromatic rings. The van der Waals surface area contributed by atoms with Gasteiger partial charge in [0.15, 0.2) is 0 Å². The van der Waals surface area contributed by atoms with Gasteiger partial charge >= 0.3 is 0 Å². The number of carbonyl (C=O) groups is 2.